The van der Waals surface area contributed by atoms with Gasteiger partial charge in [-0.1, -0.05) is 0 Å². The van der Waals surface area contributed by atoms with E-state index in [4.69, 9.17) is 10.3 Å². The minimum Gasteiger partial charge on any atom is -0.508 e. The van der Waals surface area contributed by atoms with Crippen molar-refractivity contribution in [1.82, 2.24) is 5.17 Å². The predicted molar refractivity (Wildman–Crippen MR) is 45.3 cm³/mol. The van der Waals surface area contributed by atoms with E-state index in [1.807, 2.05) is 0 Å². The first-order valence-corrected chi connectivity index (χ1v) is 3.44. The fourth-order valence-corrected chi connectivity index (χ4v) is 0.711. The highest BCUT2D eigenvalue weighted by Gasteiger charge is 1.88. The second-order valence-electron chi connectivity index (χ2n) is 2.33. The lowest BCUT2D eigenvalue weighted by Gasteiger charge is -1.99. The molecule has 0 unspecified atom stereocenters. The topological polar surface area (TPSA) is 56.1 Å². The molecular weight excluding hydrogens is 156 g/mol. The van der Waals surface area contributed by atoms with Crippen LogP contribution >= 0.6 is 0 Å². The molecule has 0 aliphatic heterocycles. The Bertz CT molecular complexity index is 267. The third kappa shape index (κ3) is 2.59. The first kappa shape index (κ1) is 8.55. The molecule has 0 aliphatic carbocycles. The molecule has 4 nitrogen and oxygen atoms in total. The second kappa shape index (κ2) is 3.73. The van der Waals surface area contributed by atoms with Gasteiger partial charge in [0.2, 0.25) is 0 Å². The summed E-state index contributed by atoms with van der Waals surface area (Å²) in [6.07, 6.45) is 1.49. The Morgan fingerprint density at radius 1 is 1.33 bits per heavy atom. The van der Waals surface area contributed by atoms with Crippen LogP contribution in [0, 0.1) is 0 Å². The van der Waals surface area contributed by atoms with E-state index in [9.17, 15) is 0 Å². The van der Waals surface area contributed by atoms with Crippen molar-refractivity contribution in [3.8, 4) is 5.75 Å². The fraction of sp³-hybridized carbons (Fsp3) is 0.125. The van der Waals surface area contributed by atoms with Crippen molar-refractivity contribution < 1.29 is 10.3 Å². The molecule has 1 aromatic carbocycles. The van der Waals surface area contributed by atoms with Crippen molar-refractivity contribution in [1.29, 1.82) is 0 Å². The number of aromatic hydroxyl groups is 1. The molecule has 64 valence electrons. The summed E-state index contributed by atoms with van der Waals surface area (Å²) in [6.45, 7) is 0. The zero-order valence-electron chi connectivity index (χ0n) is 6.68. The monoisotopic (exact) mass is 166 g/mol. The third-order valence-electron chi connectivity index (χ3n) is 1.27. The fourth-order valence-electron chi connectivity index (χ4n) is 0.711. The number of hydrazone groups is 1. The second-order valence-corrected chi connectivity index (χ2v) is 2.33. The summed E-state index contributed by atoms with van der Waals surface area (Å²) in [7, 11) is 1.41. The molecule has 0 aromatic heterocycles. The molecule has 1 rings (SSSR count). The Morgan fingerprint density at radius 2 is 1.92 bits per heavy atom. The van der Waals surface area contributed by atoms with E-state index >= 15 is 0 Å². The van der Waals surface area contributed by atoms with Gasteiger partial charge >= 0.3 is 0 Å². The number of nitrogens with zero attached hydrogens (tertiary/aromatic N) is 2. The van der Waals surface area contributed by atoms with Crippen molar-refractivity contribution in [2.45, 2.75) is 0 Å². The summed E-state index contributed by atoms with van der Waals surface area (Å²) in [6, 6.07) is 6.50. The molecule has 0 radical (unpaired) electrons. The summed E-state index contributed by atoms with van der Waals surface area (Å²) in [5.74, 6) is 0.213. The van der Waals surface area contributed by atoms with E-state index in [1.165, 1.54) is 13.3 Å². The van der Waals surface area contributed by atoms with E-state index in [1.54, 1.807) is 24.3 Å². The summed E-state index contributed by atoms with van der Waals surface area (Å²) in [5.41, 5.74) is 0.814. The molecule has 0 heterocycles. The van der Waals surface area contributed by atoms with Crippen molar-refractivity contribution in [3.05, 3.63) is 29.8 Å². The normalized spacial score (nSPS) is 10.5. The lowest BCUT2D eigenvalue weighted by molar-refractivity contribution is -0.0622. The van der Waals surface area contributed by atoms with Gasteiger partial charge in [0, 0.05) is 0 Å². The highest BCUT2D eigenvalue weighted by molar-refractivity contribution is 5.79. The van der Waals surface area contributed by atoms with Gasteiger partial charge in [0.1, 0.15) is 5.75 Å². The van der Waals surface area contributed by atoms with E-state index in [-0.39, 0.29) is 5.75 Å². The molecule has 1 aromatic rings. The maximum Gasteiger partial charge on any atom is 0.115 e. The van der Waals surface area contributed by atoms with Gasteiger partial charge in [0.15, 0.2) is 0 Å². The Labute approximate surface area is 70.3 Å². The summed E-state index contributed by atoms with van der Waals surface area (Å²) in [4.78, 5) is 0. The predicted octanol–water partition coefficient (Wildman–Crippen LogP) is 1.05. The van der Waals surface area contributed by atoms with Gasteiger partial charge in [0.25, 0.3) is 0 Å². The van der Waals surface area contributed by atoms with Crippen LogP contribution in [0.25, 0.3) is 0 Å². The molecule has 0 amide bonds. The van der Waals surface area contributed by atoms with Crippen LogP contribution < -0.4 is 0 Å². The average molecular weight is 166 g/mol. The standard InChI is InChI=1S/C8H10N2O2/c1-10(12)9-6-7-2-4-8(11)5-3-7/h2-6,11-12H,1H3/b9-6+. The first-order valence-electron chi connectivity index (χ1n) is 3.44. The number of hydrogen-bond acceptors (Lipinski definition) is 4. The highest BCUT2D eigenvalue weighted by atomic mass is 16.5. The molecule has 0 atom stereocenters. The molecule has 0 saturated heterocycles. The smallest absolute Gasteiger partial charge is 0.115 e. The number of benzene rings is 1. The number of hydroxylamine groups is 1. The molecule has 0 saturated carbocycles. The van der Waals surface area contributed by atoms with E-state index in [0.29, 0.717) is 5.17 Å². The van der Waals surface area contributed by atoms with Crippen LogP contribution in [0.15, 0.2) is 29.4 Å². The van der Waals surface area contributed by atoms with Gasteiger partial charge in [-0.05, 0) is 29.8 Å². The lowest BCUT2D eigenvalue weighted by atomic mass is 10.2. The molecular formula is C8H10N2O2. The number of hydrogen-bond donors (Lipinski definition) is 2. The molecule has 0 fully saturated rings. The molecule has 0 spiro atoms. The largest absolute Gasteiger partial charge is 0.508 e. The van der Waals surface area contributed by atoms with Crippen molar-refractivity contribution in [3.63, 3.8) is 0 Å². The average Bonchev–Trinajstić information content (AvgIpc) is 2.03. The van der Waals surface area contributed by atoms with Crippen LogP contribution in [-0.4, -0.2) is 28.7 Å². The Morgan fingerprint density at radius 3 is 2.42 bits per heavy atom. The van der Waals surface area contributed by atoms with Crippen molar-refractivity contribution in [2.75, 3.05) is 7.05 Å². The zero-order chi connectivity index (χ0) is 8.97. The summed E-state index contributed by atoms with van der Waals surface area (Å²) < 4.78 is 0. The number of phenols is 1. The molecule has 12 heavy (non-hydrogen) atoms. The van der Waals surface area contributed by atoms with Crippen LogP contribution in [0.5, 0.6) is 5.75 Å². The van der Waals surface area contributed by atoms with E-state index < -0.39 is 0 Å². The maximum absolute atomic E-state index is 8.93. The zero-order valence-corrected chi connectivity index (χ0v) is 6.68. The Balaban J connectivity index is 2.71. The summed E-state index contributed by atoms with van der Waals surface area (Å²) >= 11 is 0. The number of rotatable bonds is 2. The Kier molecular flexibility index (Phi) is 2.66. The number of phenolic OH excluding ortho intramolecular Hbond substituents is 1. The van der Waals surface area contributed by atoms with Crippen LogP contribution in [-0.2, 0) is 0 Å². The minimum atomic E-state index is 0.213. The van der Waals surface area contributed by atoms with Crippen LogP contribution in [0.1, 0.15) is 5.56 Å². The first-order chi connectivity index (χ1) is 5.68. The molecule has 4 heteroatoms. The van der Waals surface area contributed by atoms with Crippen LogP contribution in [0.3, 0.4) is 0 Å². The molecule has 0 aliphatic rings. The van der Waals surface area contributed by atoms with Crippen molar-refractivity contribution >= 4 is 6.21 Å². The van der Waals surface area contributed by atoms with Gasteiger partial charge < -0.3 is 5.11 Å². The van der Waals surface area contributed by atoms with E-state index in [2.05, 4.69) is 5.10 Å². The quantitative estimate of drug-likeness (QED) is 0.510. The highest BCUT2D eigenvalue weighted by Crippen LogP contribution is 2.07. The maximum atomic E-state index is 8.93. The summed E-state index contributed by atoms with van der Waals surface area (Å²) in [5, 5.41) is 21.9. The molecule has 2 N–H and O–H groups in total. The third-order valence-corrected chi connectivity index (χ3v) is 1.27. The Hall–Kier alpha value is -1.55. The lowest BCUT2D eigenvalue weighted by Crippen LogP contribution is -2.02. The van der Waals surface area contributed by atoms with Crippen LogP contribution in [0.2, 0.25) is 0 Å². The van der Waals surface area contributed by atoms with Gasteiger partial charge in [-0.3, -0.25) is 5.21 Å². The minimum absolute atomic E-state index is 0.213. The SMILES string of the molecule is CN(O)/N=C/c1ccc(O)cc1. The van der Waals surface area contributed by atoms with Gasteiger partial charge in [-0.15, -0.1) is 0 Å². The van der Waals surface area contributed by atoms with E-state index in [0.717, 1.165) is 5.56 Å². The van der Waals surface area contributed by atoms with Gasteiger partial charge in [0.05, 0.1) is 13.3 Å². The van der Waals surface area contributed by atoms with Gasteiger partial charge in [-0.25, -0.2) is 0 Å². The van der Waals surface area contributed by atoms with Crippen molar-refractivity contribution in [2.24, 2.45) is 5.10 Å². The molecule has 0 bridgehead atoms. The van der Waals surface area contributed by atoms with Gasteiger partial charge in [-0.2, -0.15) is 10.3 Å². The van der Waals surface area contributed by atoms with Crippen LogP contribution in [0.4, 0.5) is 0 Å².